The second kappa shape index (κ2) is 5.57. The van der Waals surface area contributed by atoms with E-state index in [1.54, 1.807) is 11.8 Å². The summed E-state index contributed by atoms with van der Waals surface area (Å²) >= 11 is 1.72. The first-order valence-electron chi connectivity index (χ1n) is 7.18. The second-order valence-electron chi connectivity index (χ2n) is 5.59. The van der Waals surface area contributed by atoms with Gasteiger partial charge in [-0.25, -0.2) is 0 Å². The van der Waals surface area contributed by atoms with E-state index in [0.29, 0.717) is 0 Å². The Bertz CT molecular complexity index is 648. The smallest absolute Gasteiger partial charge is 0.241 e. The van der Waals surface area contributed by atoms with Crippen LogP contribution in [-0.2, 0) is 4.79 Å². The molecule has 0 spiro atoms. The lowest BCUT2D eigenvalue weighted by Crippen LogP contribution is -2.30. The van der Waals surface area contributed by atoms with Crippen molar-refractivity contribution in [1.82, 2.24) is 0 Å². The molecule has 2 nitrogen and oxygen atoms in total. The zero-order chi connectivity index (χ0) is 15.0. The summed E-state index contributed by atoms with van der Waals surface area (Å²) in [6.07, 6.45) is 0. The molecule has 0 aliphatic carbocycles. The van der Waals surface area contributed by atoms with Crippen molar-refractivity contribution in [1.29, 1.82) is 0 Å². The zero-order valence-corrected chi connectivity index (χ0v) is 13.4. The highest BCUT2D eigenvalue weighted by atomic mass is 32.2. The van der Waals surface area contributed by atoms with Gasteiger partial charge in [-0.05, 0) is 38.5 Å². The van der Waals surface area contributed by atoms with Crippen LogP contribution in [0.3, 0.4) is 0 Å². The Hall–Kier alpha value is -1.74. The van der Waals surface area contributed by atoms with E-state index < -0.39 is 0 Å². The summed E-state index contributed by atoms with van der Waals surface area (Å²) in [6.45, 7) is 6.13. The average molecular weight is 297 g/mol. The number of aryl methyl sites for hydroxylation is 2. The van der Waals surface area contributed by atoms with Gasteiger partial charge >= 0.3 is 0 Å². The van der Waals surface area contributed by atoms with Crippen molar-refractivity contribution in [2.45, 2.75) is 31.4 Å². The van der Waals surface area contributed by atoms with Crippen molar-refractivity contribution in [3.8, 4) is 0 Å². The van der Waals surface area contributed by atoms with Crippen LogP contribution in [-0.4, -0.2) is 11.2 Å². The van der Waals surface area contributed by atoms with E-state index >= 15 is 0 Å². The highest BCUT2D eigenvalue weighted by Gasteiger charge is 2.39. The number of carbonyl (C=O) groups excluding carboxylic acids is 1. The van der Waals surface area contributed by atoms with Gasteiger partial charge in [-0.3, -0.25) is 9.69 Å². The normalized spacial score (nSPS) is 21.9. The SMILES string of the molecule is Cc1ccc([C@H]2S[C@H](C)C(=O)N2c2ccc(C)cc2)cc1. The molecule has 2 aromatic rings. The van der Waals surface area contributed by atoms with Crippen molar-refractivity contribution in [2.75, 3.05) is 4.90 Å². The molecule has 2 aromatic carbocycles. The highest BCUT2D eigenvalue weighted by Crippen LogP contribution is 2.45. The molecule has 1 amide bonds. The van der Waals surface area contributed by atoms with E-state index in [4.69, 9.17) is 0 Å². The third-order valence-electron chi connectivity index (χ3n) is 3.83. The molecule has 0 saturated carbocycles. The van der Waals surface area contributed by atoms with Crippen molar-refractivity contribution < 1.29 is 4.79 Å². The molecule has 0 N–H and O–H groups in total. The molecular formula is C18H19NOS. The van der Waals surface area contributed by atoms with Crippen LogP contribution in [0, 0.1) is 13.8 Å². The summed E-state index contributed by atoms with van der Waals surface area (Å²) in [7, 11) is 0. The second-order valence-corrected chi connectivity index (χ2v) is 7.01. The number of benzene rings is 2. The number of hydrogen-bond acceptors (Lipinski definition) is 2. The molecule has 0 radical (unpaired) electrons. The molecule has 1 fully saturated rings. The molecule has 3 heteroatoms. The Labute approximate surface area is 130 Å². The van der Waals surface area contributed by atoms with Gasteiger partial charge in [-0.15, -0.1) is 11.8 Å². The monoisotopic (exact) mass is 297 g/mol. The van der Waals surface area contributed by atoms with Crippen LogP contribution in [0.25, 0.3) is 0 Å². The summed E-state index contributed by atoms with van der Waals surface area (Å²) in [6, 6.07) is 16.7. The van der Waals surface area contributed by atoms with Gasteiger partial charge in [0.2, 0.25) is 5.91 Å². The van der Waals surface area contributed by atoms with Gasteiger partial charge < -0.3 is 0 Å². The van der Waals surface area contributed by atoms with E-state index in [1.165, 1.54) is 16.7 Å². The first-order chi connectivity index (χ1) is 10.1. The summed E-state index contributed by atoms with van der Waals surface area (Å²) in [5.41, 5.74) is 4.61. The van der Waals surface area contributed by atoms with Gasteiger partial charge in [-0.2, -0.15) is 0 Å². The van der Waals surface area contributed by atoms with Crippen LogP contribution < -0.4 is 4.90 Å². The maximum Gasteiger partial charge on any atom is 0.241 e. The average Bonchev–Trinajstić information content (AvgIpc) is 2.77. The minimum absolute atomic E-state index is 0.00222. The Morgan fingerprint density at radius 1 is 0.905 bits per heavy atom. The lowest BCUT2D eigenvalue weighted by atomic mass is 10.1. The number of rotatable bonds is 2. The first kappa shape index (κ1) is 14.2. The van der Waals surface area contributed by atoms with Crippen LogP contribution in [0.5, 0.6) is 0 Å². The maximum absolute atomic E-state index is 12.5. The summed E-state index contributed by atoms with van der Waals surface area (Å²) in [4.78, 5) is 14.5. The van der Waals surface area contributed by atoms with Crippen LogP contribution in [0.2, 0.25) is 0 Å². The number of hydrogen-bond donors (Lipinski definition) is 0. The molecule has 0 bridgehead atoms. The van der Waals surface area contributed by atoms with E-state index in [9.17, 15) is 4.79 Å². The maximum atomic E-state index is 12.5. The Morgan fingerprint density at radius 3 is 2.00 bits per heavy atom. The fraction of sp³-hybridized carbons (Fsp3) is 0.278. The fourth-order valence-corrected chi connectivity index (χ4v) is 3.83. The van der Waals surface area contributed by atoms with Crippen molar-refractivity contribution >= 4 is 23.4 Å². The molecule has 2 atom stereocenters. The molecule has 1 heterocycles. The molecular weight excluding hydrogens is 278 g/mol. The topological polar surface area (TPSA) is 20.3 Å². The molecule has 1 aliphatic heterocycles. The fourth-order valence-electron chi connectivity index (χ4n) is 2.55. The number of amides is 1. The summed E-state index contributed by atoms with van der Waals surface area (Å²) in [5, 5.41) is 0.0633. The minimum Gasteiger partial charge on any atom is -0.295 e. The summed E-state index contributed by atoms with van der Waals surface area (Å²) in [5.74, 6) is 0.189. The van der Waals surface area contributed by atoms with Gasteiger partial charge in [0, 0.05) is 5.69 Å². The first-order valence-corrected chi connectivity index (χ1v) is 8.12. The molecule has 21 heavy (non-hydrogen) atoms. The molecule has 1 saturated heterocycles. The molecule has 3 rings (SSSR count). The molecule has 0 unspecified atom stereocenters. The molecule has 108 valence electrons. The van der Waals surface area contributed by atoms with E-state index in [1.807, 2.05) is 24.0 Å². The van der Waals surface area contributed by atoms with Gasteiger partial charge in [0.15, 0.2) is 0 Å². The lowest BCUT2D eigenvalue weighted by molar-refractivity contribution is -0.117. The van der Waals surface area contributed by atoms with Crippen molar-refractivity contribution in [2.24, 2.45) is 0 Å². The minimum atomic E-state index is -0.00222. The van der Waals surface area contributed by atoms with Crippen LogP contribution >= 0.6 is 11.8 Å². The quantitative estimate of drug-likeness (QED) is 0.815. The molecule has 0 aromatic heterocycles. The van der Waals surface area contributed by atoms with Gasteiger partial charge in [0.1, 0.15) is 5.37 Å². The van der Waals surface area contributed by atoms with Crippen LogP contribution in [0.4, 0.5) is 5.69 Å². The van der Waals surface area contributed by atoms with E-state index in [-0.39, 0.29) is 16.5 Å². The largest absolute Gasteiger partial charge is 0.295 e. The van der Waals surface area contributed by atoms with Crippen LogP contribution in [0.1, 0.15) is 29.0 Å². The number of carbonyl (C=O) groups is 1. The van der Waals surface area contributed by atoms with Gasteiger partial charge in [0.05, 0.1) is 5.25 Å². The third kappa shape index (κ3) is 2.70. The zero-order valence-electron chi connectivity index (χ0n) is 12.5. The van der Waals surface area contributed by atoms with Gasteiger partial charge in [-0.1, -0.05) is 47.5 Å². The Kier molecular flexibility index (Phi) is 3.77. The standard InChI is InChI=1S/C18H19NOS/c1-12-4-8-15(9-5-12)18-19(17(20)14(3)21-18)16-10-6-13(2)7-11-16/h4-11,14,18H,1-3H3/t14-,18-/m1/s1. The lowest BCUT2D eigenvalue weighted by Gasteiger charge is -2.24. The van der Waals surface area contributed by atoms with E-state index in [0.717, 1.165) is 5.69 Å². The number of thioether (sulfide) groups is 1. The summed E-state index contributed by atoms with van der Waals surface area (Å²) < 4.78 is 0. The van der Waals surface area contributed by atoms with Gasteiger partial charge in [0.25, 0.3) is 0 Å². The van der Waals surface area contributed by atoms with Crippen LogP contribution in [0.15, 0.2) is 48.5 Å². The number of anilines is 1. The van der Waals surface area contributed by atoms with Crippen molar-refractivity contribution in [3.63, 3.8) is 0 Å². The Morgan fingerprint density at radius 2 is 1.43 bits per heavy atom. The number of nitrogens with zero attached hydrogens (tertiary/aromatic N) is 1. The predicted molar refractivity (Wildman–Crippen MR) is 89.6 cm³/mol. The van der Waals surface area contributed by atoms with Crippen molar-refractivity contribution in [3.05, 3.63) is 65.2 Å². The highest BCUT2D eigenvalue weighted by molar-refractivity contribution is 8.01. The predicted octanol–water partition coefficient (Wildman–Crippen LogP) is 4.47. The van der Waals surface area contributed by atoms with E-state index in [2.05, 4.69) is 50.2 Å². The third-order valence-corrected chi connectivity index (χ3v) is 5.18. The Balaban J connectivity index is 2.00. The molecule has 1 aliphatic rings.